The van der Waals surface area contributed by atoms with Crippen molar-refractivity contribution < 1.29 is 13.5 Å². The van der Waals surface area contributed by atoms with Crippen molar-refractivity contribution in [1.29, 1.82) is 0 Å². The van der Waals surface area contributed by atoms with Gasteiger partial charge in [-0.05, 0) is 55.4 Å². The van der Waals surface area contributed by atoms with Crippen LogP contribution in [0.1, 0.15) is 43.9 Å². The zero-order valence-corrected chi connectivity index (χ0v) is 14.6. The molecule has 2 N–H and O–H groups in total. The first-order valence-electron chi connectivity index (χ1n) is 7.20. The van der Waals surface area contributed by atoms with Gasteiger partial charge in [-0.1, -0.05) is 26.8 Å². The van der Waals surface area contributed by atoms with E-state index in [-0.39, 0.29) is 12.0 Å². The highest BCUT2D eigenvalue weighted by atomic mass is 32.2. The minimum absolute atomic E-state index is 0.229. The number of benzene rings is 1. The maximum Gasteiger partial charge on any atom is 0.240 e. The average molecular weight is 313 g/mol. The molecule has 0 fully saturated rings. The van der Waals surface area contributed by atoms with Crippen molar-refractivity contribution in [1.82, 2.24) is 4.72 Å². The summed E-state index contributed by atoms with van der Waals surface area (Å²) in [6.45, 7) is 11.7. The highest BCUT2D eigenvalue weighted by Crippen LogP contribution is 2.22. The molecule has 0 aliphatic rings. The van der Waals surface area contributed by atoms with E-state index < -0.39 is 16.1 Å². The fraction of sp³-hybridized carbons (Fsp3) is 0.625. The summed E-state index contributed by atoms with van der Waals surface area (Å²) < 4.78 is 27.3. The molecule has 1 aromatic rings. The van der Waals surface area contributed by atoms with E-state index in [0.29, 0.717) is 11.3 Å². The molecule has 0 saturated carbocycles. The van der Waals surface area contributed by atoms with Crippen LogP contribution in [-0.4, -0.2) is 26.2 Å². The lowest BCUT2D eigenvalue weighted by atomic mass is 9.87. The van der Waals surface area contributed by atoms with E-state index in [9.17, 15) is 13.5 Å². The number of sulfonamides is 1. The first-order valence-corrected chi connectivity index (χ1v) is 8.69. The van der Waals surface area contributed by atoms with Gasteiger partial charge >= 0.3 is 0 Å². The smallest absolute Gasteiger partial charge is 0.240 e. The minimum Gasteiger partial charge on any atom is -0.393 e. The topological polar surface area (TPSA) is 66.4 Å². The number of aliphatic hydroxyl groups excluding tert-OH is 1. The molecule has 0 radical (unpaired) electrons. The third-order valence-electron chi connectivity index (χ3n) is 3.79. The number of aryl methyl sites for hydroxylation is 3. The van der Waals surface area contributed by atoms with Crippen LogP contribution >= 0.6 is 0 Å². The summed E-state index contributed by atoms with van der Waals surface area (Å²) in [5.74, 6) is 0. The second-order valence-electron chi connectivity index (χ2n) is 6.77. The quantitative estimate of drug-likeness (QED) is 0.878. The molecule has 1 unspecified atom stereocenters. The molecule has 0 bridgehead atoms. The van der Waals surface area contributed by atoms with Crippen molar-refractivity contribution in [3.8, 4) is 0 Å². The molecular formula is C16H27NO3S. The summed E-state index contributed by atoms with van der Waals surface area (Å²) in [6.07, 6.45) is -0.145. The van der Waals surface area contributed by atoms with E-state index in [4.69, 9.17) is 0 Å². The van der Waals surface area contributed by atoms with Crippen LogP contribution in [0, 0.1) is 26.2 Å². The number of rotatable bonds is 5. The van der Waals surface area contributed by atoms with Crippen LogP contribution in [0.4, 0.5) is 0 Å². The SMILES string of the molecule is Cc1cc(C)c(S(=O)(=O)NCCC(O)C(C)(C)C)cc1C. The third-order valence-corrected chi connectivity index (χ3v) is 5.39. The van der Waals surface area contributed by atoms with Crippen molar-refractivity contribution in [2.75, 3.05) is 6.54 Å². The van der Waals surface area contributed by atoms with Gasteiger partial charge in [0.2, 0.25) is 10.0 Å². The molecule has 0 heterocycles. The van der Waals surface area contributed by atoms with Crippen molar-refractivity contribution in [3.05, 3.63) is 28.8 Å². The predicted octanol–water partition coefficient (Wildman–Crippen LogP) is 2.69. The van der Waals surface area contributed by atoms with Gasteiger partial charge in [0, 0.05) is 6.54 Å². The summed E-state index contributed by atoms with van der Waals surface area (Å²) in [5.41, 5.74) is 2.52. The molecule has 4 nitrogen and oxygen atoms in total. The Kier molecular flexibility index (Phi) is 5.58. The highest BCUT2D eigenvalue weighted by molar-refractivity contribution is 7.89. The maximum absolute atomic E-state index is 12.4. The molecule has 120 valence electrons. The van der Waals surface area contributed by atoms with Crippen LogP contribution in [0.5, 0.6) is 0 Å². The van der Waals surface area contributed by atoms with Crippen molar-refractivity contribution in [3.63, 3.8) is 0 Å². The number of aliphatic hydroxyl groups is 1. The molecule has 0 aromatic heterocycles. The molecule has 0 aliphatic carbocycles. The van der Waals surface area contributed by atoms with E-state index in [2.05, 4.69) is 4.72 Å². The van der Waals surface area contributed by atoms with Gasteiger partial charge in [0.15, 0.2) is 0 Å². The molecule has 21 heavy (non-hydrogen) atoms. The second-order valence-corrected chi connectivity index (χ2v) is 8.51. The standard InChI is InChI=1S/C16H27NO3S/c1-11-9-13(3)14(10-12(11)2)21(19,20)17-8-7-15(18)16(4,5)6/h9-10,15,17-18H,7-8H2,1-6H3. The highest BCUT2D eigenvalue weighted by Gasteiger charge is 2.23. The summed E-state index contributed by atoms with van der Waals surface area (Å²) in [7, 11) is -3.53. The monoisotopic (exact) mass is 313 g/mol. The first kappa shape index (κ1) is 18.1. The van der Waals surface area contributed by atoms with Crippen LogP contribution in [-0.2, 0) is 10.0 Å². The molecule has 1 atom stereocenters. The molecule has 0 amide bonds. The van der Waals surface area contributed by atoms with Gasteiger partial charge in [-0.15, -0.1) is 0 Å². The Bertz CT molecular complexity index is 601. The molecular weight excluding hydrogens is 286 g/mol. The number of hydrogen-bond acceptors (Lipinski definition) is 3. The Morgan fingerprint density at radius 2 is 1.62 bits per heavy atom. The van der Waals surface area contributed by atoms with Gasteiger partial charge in [0.1, 0.15) is 0 Å². The zero-order chi connectivity index (χ0) is 16.4. The Hall–Kier alpha value is -0.910. The Labute approximate surface area is 128 Å². The zero-order valence-electron chi connectivity index (χ0n) is 13.8. The minimum atomic E-state index is -3.53. The second kappa shape index (κ2) is 6.46. The van der Waals surface area contributed by atoms with Gasteiger partial charge in [-0.3, -0.25) is 0 Å². The average Bonchev–Trinajstić information content (AvgIpc) is 2.32. The lowest BCUT2D eigenvalue weighted by molar-refractivity contribution is 0.0571. The Morgan fingerprint density at radius 3 is 2.14 bits per heavy atom. The predicted molar refractivity (Wildman–Crippen MR) is 85.9 cm³/mol. The summed E-state index contributed by atoms with van der Waals surface area (Å²) in [6, 6.07) is 3.58. The molecule has 0 spiro atoms. The van der Waals surface area contributed by atoms with Crippen molar-refractivity contribution in [2.24, 2.45) is 5.41 Å². The molecule has 5 heteroatoms. The summed E-state index contributed by atoms with van der Waals surface area (Å²) in [5, 5.41) is 9.95. The van der Waals surface area contributed by atoms with E-state index >= 15 is 0 Å². The van der Waals surface area contributed by atoms with E-state index in [0.717, 1.165) is 16.7 Å². The normalized spacial score (nSPS) is 14.2. The van der Waals surface area contributed by atoms with E-state index in [1.54, 1.807) is 13.0 Å². The molecule has 0 aliphatic heterocycles. The molecule has 1 aromatic carbocycles. The number of nitrogens with one attached hydrogen (secondary N) is 1. The van der Waals surface area contributed by atoms with Crippen LogP contribution in [0.15, 0.2) is 17.0 Å². The molecule has 0 saturated heterocycles. The number of hydrogen-bond donors (Lipinski definition) is 2. The lowest BCUT2D eigenvalue weighted by Crippen LogP contribution is -2.32. The van der Waals surface area contributed by atoms with Gasteiger partial charge < -0.3 is 5.11 Å². The first-order chi connectivity index (χ1) is 9.45. The van der Waals surface area contributed by atoms with Crippen LogP contribution < -0.4 is 4.72 Å². The Morgan fingerprint density at radius 1 is 1.10 bits per heavy atom. The van der Waals surface area contributed by atoms with Crippen molar-refractivity contribution >= 4 is 10.0 Å². The van der Waals surface area contributed by atoms with E-state index in [1.807, 2.05) is 40.7 Å². The van der Waals surface area contributed by atoms with Gasteiger partial charge in [0.25, 0.3) is 0 Å². The van der Waals surface area contributed by atoms with Crippen LogP contribution in [0.3, 0.4) is 0 Å². The largest absolute Gasteiger partial charge is 0.393 e. The van der Waals surface area contributed by atoms with Crippen molar-refractivity contribution in [2.45, 2.75) is 59.0 Å². The lowest BCUT2D eigenvalue weighted by Gasteiger charge is -2.25. The summed E-state index contributed by atoms with van der Waals surface area (Å²) in [4.78, 5) is 0.316. The molecule has 1 rings (SSSR count). The Balaban J connectivity index is 2.82. The summed E-state index contributed by atoms with van der Waals surface area (Å²) >= 11 is 0. The third kappa shape index (κ3) is 4.80. The fourth-order valence-electron chi connectivity index (χ4n) is 2.06. The van der Waals surface area contributed by atoms with Gasteiger partial charge in [-0.25, -0.2) is 13.1 Å². The van der Waals surface area contributed by atoms with Crippen LogP contribution in [0.2, 0.25) is 0 Å². The van der Waals surface area contributed by atoms with Crippen LogP contribution in [0.25, 0.3) is 0 Å². The van der Waals surface area contributed by atoms with E-state index in [1.165, 1.54) is 0 Å². The van der Waals surface area contributed by atoms with Gasteiger partial charge in [-0.2, -0.15) is 0 Å². The van der Waals surface area contributed by atoms with Gasteiger partial charge in [0.05, 0.1) is 11.0 Å². The maximum atomic E-state index is 12.4. The fourth-order valence-corrected chi connectivity index (χ4v) is 3.42.